The lowest BCUT2D eigenvalue weighted by atomic mass is 9.97. The van der Waals surface area contributed by atoms with Crippen molar-refractivity contribution in [1.82, 2.24) is 4.90 Å². The number of nitrogens with one attached hydrogen (secondary N) is 2. The molecule has 6 nitrogen and oxygen atoms in total. The van der Waals surface area contributed by atoms with Gasteiger partial charge in [-0.15, -0.1) is 0 Å². The molecule has 1 aliphatic heterocycles. The zero-order valence-corrected chi connectivity index (χ0v) is 16.1. The number of carbonyl (C=O) groups excluding carboxylic acids is 2. The first-order valence-electron chi connectivity index (χ1n) is 9.52. The van der Waals surface area contributed by atoms with Crippen LogP contribution in [0.2, 0.25) is 0 Å². The molecule has 3 amide bonds. The number of rotatable bonds is 5. The van der Waals surface area contributed by atoms with Crippen LogP contribution in [0.3, 0.4) is 0 Å². The Bertz CT molecular complexity index is 875. The molecule has 0 aromatic heterocycles. The summed E-state index contributed by atoms with van der Waals surface area (Å²) in [4.78, 5) is 26.7. The van der Waals surface area contributed by atoms with Crippen LogP contribution in [0.4, 0.5) is 29.3 Å². The van der Waals surface area contributed by atoms with Crippen LogP contribution in [0.1, 0.15) is 12.8 Å². The fourth-order valence-electron chi connectivity index (χ4n) is 3.19. The number of urea groups is 1. The monoisotopic (exact) mass is 421 g/mol. The maximum absolute atomic E-state index is 12.7. The van der Waals surface area contributed by atoms with Crippen LogP contribution in [0.15, 0.2) is 54.6 Å². The first kappa shape index (κ1) is 21.5. The molecule has 1 aliphatic rings. The number of carbonyl (C=O) groups is 2. The Kier molecular flexibility index (Phi) is 6.81. The van der Waals surface area contributed by atoms with Gasteiger partial charge in [-0.3, -0.25) is 4.79 Å². The largest absolute Gasteiger partial charge is 0.482 e. The van der Waals surface area contributed by atoms with Gasteiger partial charge in [0.25, 0.3) is 0 Å². The lowest BCUT2D eigenvalue weighted by molar-refractivity contribution is -0.153. The molecule has 0 aliphatic carbocycles. The minimum Gasteiger partial charge on any atom is -0.482 e. The number of benzene rings is 2. The zero-order chi connectivity index (χ0) is 21.6. The smallest absolute Gasteiger partial charge is 0.422 e. The second-order valence-electron chi connectivity index (χ2n) is 6.97. The first-order chi connectivity index (χ1) is 14.3. The van der Waals surface area contributed by atoms with Gasteiger partial charge >= 0.3 is 12.2 Å². The Morgan fingerprint density at radius 3 is 2.47 bits per heavy atom. The summed E-state index contributed by atoms with van der Waals surface area (Å²) >= 11 is 0. The third kappa shape index (κ3) is 6.13. The number of likely N-dealkylation sites (tertiary alicyclic amines) is 1. The molecule has 2 N–H and O–H groups in total. The zero-order valence-electron chi connectivity index (χ0n) is 16.1. The molecule has 3 rings (SSSR count). The summed E-state index contributed by atoms with van der Waals surface area (Å²) in [7, 11) is 0. The number of amides is 3. The van der Waals surface area contributed by atoms with Crippen LogP contribution in [-0.4, -0.2) is 42.7 Å². The molecule has 160 valence electrons. The van der Waals surface area contributed by atoms with E-state index < -0.39 is 18.7 Å². The molecule has 1 fully saturated rings. The van der Waals surface area contributed by atoms with Crippen molar-refractivity contribution in [3.05, 3.63) is 54.6 Å². The lowest BCUT2D eigenvalue weighted by Crippen LogP contribution is -2.45. The number of anilines is 2. The minimum atomic E-state index is -4.48. The Balaban J connectivity index is 1.60. The van der Waals surface area contributed by atoms with E-state index in [0.29, 0.717) is 25.1 Å². The van der Waals surface area contributed by atoms with Crippen LogP contribution < -0.4 is 15.4 Å². The lowest BCUT2D eigenvalue weighted by Gasteiger charge is -2.32. The number of para-hydroxylation sites is 3. The molecule has 9 heteroatoms. The quantitative estimate of drug-likeness (QED) is 0.746. The summed E-state index contributed by atoms with van der Waals surface area (Å²) in [5.74, 6) is -0.899. The second kappa shape index (κ2) is 9.51. The van der Waals surface area contributed by atoms with E-state index in [2.05, 4.69) is 10.6 Å². The molecule has 1 atom stereocenters. The Labute approximate surface area is 172 Å². The number of halogens is 3. The van der Waals surface area contributed by atoms with Crippen molar-refractivity contribution in [2.24, 2.45) is 5.92 Å². The second-order valence-corrected chi connectivity index (χ2v) is 6.97. The number of hydrogen-bond donors (Lipinski definition) is 2. The van der Waals surface area contributed by atoms with E-state index in [1.807, 2.05) is 6.07 Å². The predicted octanol–water partition coefficient (Wildman–Crippen LogP) is 4.51. The minimum absolute atomic E-state index is 0.0577. The van der Waals surface area contributed by atoms with Gasteiger partial charge in [0, 0.05) is 18.8 Å². The third-order valence-electron chi connectivity index (χ3n) is 4.64. The predicted molar refractivity (Wildman–Crippen MR) is 106 cm³/mol. The van der Waals surface area contributed by atoms with Gasteiger partial charge in [-0.1, -0.05) is 30.3 Å². The van der Waals surface area contributed by atoms with E-state index in [9.17, 15) is 22.8 Å². The van der Waals surface area contributed by atoms with E-state index >= 15 is 0 Å². The molecular formula is C21H22F3N3O3. The number of hydrogen-bond acceptors (Lipinski definition) is 3. The van der Waals surface area contributed by atoms with Crippen LogP contribution in [0, 0.1) is 5.92 Å². The molecule has 0 spiro atoms. The number of piperidine rings is 1. The summed E-state index contributed by atoms with van der Waals surface area (Å²) in [5.41, 5.74) is 0.822. The van der Waals surface area contributed by atoms with Gasteiger partial charge in [0.15, 0.2) is 6.61 Å². The first-order valence-corrected chi connectivity index (χ1v) is 9.52. The van der Waals surface area contributed by atoms with Crippen molar-refractivity contribution in [3.8, 4) is 5.75 Å². The van der Waals surface area contributed by atoms with Crippen molar-refractivity contribution in [2.45, 2.75) is 19.0 Å². The van der Waals surface area contributed by atoms with Gasteiger partial charge in [0.2, 0.25) is 5.91 Å². The summed E-state index contributed by atoms with van der Waals surface area (Å²) < 4.78 is 42.1. The molecule has 1 heterocycles. The molecule has 2 aromatic rings. The van der Waals surface area contributed by atoms with Crippen LogP contribution in [0.5, 0.6) is 5.75 Å². The fraction of sp³-hybridized carbons (Fsp3) is 0.333. The Morgan fingerprint density at radius 2 is 1.73 bits per heavy atom. The molecule has 1 unspecified atom stereocenters. The maximum atomic E-state index is 12.7. The van der Waals surface area contributed by atoms with E-state index in [1.54, 1.807) is 35.2 Å². The average Bonchev–Trinajstić information content (AvgIpc) is 2.73. The van der Waals surface area contributed by atoms with Crippen molar-refractivity contribution in [3.63, 3.8) is 0 Å². The summed E-state index contributed by atoms with van der Waals surface area (Å²) in [6.07, 6.45) is -3.26. The molecule has 1 saturated heterocycles. The molecule has 2 aromatic carbocycles. The van der Waals surface area contributed by atoms with Crippen LogP contribution in [0.25, 0.3) is 0 Å². The average molecular weight is 421 g/mol. The van der Waals surface area contributed by atoms with E-state index in [1.165, 1.54) is 18.2 Å². The summed E-state index contributed by atoms with van der Waals surface area (Å²) in [6, 6.07) is 14.6. The SMILES string of the molecule is O=C(Nc1ccccc1OCC(F)(F)F)C1CCCN(C(=O)Nc2ccccc2)C1. The molecule has 0 saturated carbocycles. The van der Waals surface area contributed by atoms with Crippen molar-refractivity contribution in [1.29, 1.82) is 0 Å². The molecule has 0 bridgehead atoms. The summed E-state index contributed by atoms with van der Waals surface area (Å²) in [5, 5.41) is 5.43. The third-order valence-corrected chi connectivity index (χ3v) is 4.64. The topological polar surface area (TPSA) is 70.7 Å². The van der Waals surface area contributed by atoms with Gasteiger partial charge in [0.05, 0.1) is 11.6 Å². The van der Waals surface area contributed by atoms with Crippen molar-refractivity contribution >= 4 is 23.3 Å². The van der Waals surface area contributed by atoms with Gasteiger partial charge in [-0.25, -0.2) is 4.79 Å². The number of ether oxygens (including phenoxy) is 1. The van der Waals surface area contributed by atoms with Gasteiger partial charge in [-0.2, -0.15) is 13.2 Å². The standard InChI is InChI=1S/C21H22F3N3O3/c22-21(23,24)14-30-18-11-5-4-10-17(18)26-19(28)15-7-6-12-27(13-15)20(29)25-16-8-2-1-3-9-16/h1-5,8-11,15H,6-7,12-14H2,(H,25,29)(H,26,28). The van der Waals surface area contributed by atoms with E-state index in [4.69, 9.17) is 4.74 Å². The van der Waals surface area contributed by atoms with Crippen molar-refractivity contribution in [2.75, 3.05) is 30.3 Å². The molecular weight excluding hydrogens is 399 g/mol. The highest BCUT2D eigenvalue weighted by Crippen LogP contribution is 2.28. The molecule has 30 heavy (non-hydrogen) atoms. The number of nitrogens with zero attached hydrogens (tertiary/aromatic N) is 1. The normalized spacial score (nSPS) is 16.6. The van der Waals surface area contributed by atoms with E-state index in [0.717, 1.165) is 0 Å². The van der Waals surface area contributed by atoms with Crippen LogP contribution >= 0.6 is 0 Å². The van der Waals surface area contributed by atoms with Gasteiger partial charge < -0.3 is 20.3 Å². The Hall–Kier alpha value is -3.23. The van der Waals surface area contributed by atoms with Crippen LogP contribution in [-0.2, 0) is 4.79 Å². The van der Waals surface area contributed by atoms with Crippen molar-refractivity contribution < 1.29 is 27.5 Å². The van der Waals surface area contributed by atoms with Gasteiger partial charge in [-0.05, 0) is 37.1 Å². The highest BCUT2D eigenvalue weighted by atomic mass is 19.4. The molecule has 0 radical (unpaired) electrons. The number of alkyl halides is 3. The maximum Gasteiger partial charge on any atom is 0.422 e. The van der Waals surface area contributed by atoms with Gasteiger partial charge in [0.1, 0.15) is 5.75 Å². The Morgan fingerprint density at radius 1 is 1.03 bits per heavy atom. The highest BCUT2D eigenvalue weighted by Gasteiger charge is 2.30. The highest BCUT2D eigenvalue weighted by molar-refractivity contribution is 5.95. The van der Waals surface area contributed by atoms with E-state index in [-0.39, 0.29) is 29.9 Å². The fourth-order valence-corrected chi connectivity index (χ4v) is 3.19. The summed E-state index contributed by atoms with van der Waals surface area (Å²) in [6.45, 7) is -0.708.